The molecular weight excluding hydrogens is 346 g/mol. The summed E-state index contributed by atoms with van der Waals surface area (Å²) in [5.41, 5.74) is 9.31. The first-order valence-electron chi connectivity index (χ1n) is 8.36. The molecular formula is C20H21N3O2S. The first kappa shape index (κ1) is 17.9. The fraction of sp³-hybridized carbons (Fsp3) is 0.200. The molecule has 3 N–H and O–H groups in total. The van der Waals surface area contributed by atoms with E-state index < -0.39 is 0 Å². The summed E-state index contributed by atoms with van der Waals surface area (Å²) in [7, 11) is 0. The molecule has 26 heavy (non-hydrogen) atoms. The number of hydrogen-bond donors (Lipinski definition) is 2. The van der Waals surface area contributed by atoms with Crippen molar-refractivity contribution < 1.29 is 9.53 Å². The summed E-state index contributed by atoms with van der Waals surface area (Å²) in [5.74, 6) is 0.748. The van der Waals surface area contributed by atoms with Crippen molar-refractivity contribution in [2.24, 2.45) is 0 Å². The summed E-state index contributed by atoms with van der Waals surface area (Å²) in [5, 5.41) is 5.34. The lowest BCUT2D eigenvalue weighted by atomic mass is 10.0. The smallest absolute Gasteiger partial charge is 0.262 e. The number of nitrogens with one attached hydrogen (secondary N) is 1. The van der Waals surface area contributed by atoms with E-state index in [1.54, 1.807) is 0 Å². The molecule has 134 valence electrons. The standard InChI is InChI=1S/C20H21N3O2S/c1-13(2)16-8-3-4-9-17(16)22-19(24)11-25-15-7-5-6-14(10-15)18-12-26-20(21)23-18/h3-10,12-13H,11H2,1-2H3,(H2,21,23)(H,22,24). The molecule has 0 fully saturated rings. The summed E-state index contributed by atoms with van der Waals surface area (Å²) >= 11 is 1.39. The van der Waals surface area contributed by atoms with Crippen LogP contribution in [0.25, 0.3) is 11.3 Å². The second kappa shape index (κ2) is 8.01. The molecule has 5 nitrogen and oxygen atoms in total. The Bertz CT molecular complexity index is 905. The highest BCUT2D eigenvalue weighted by molar-refractivity contribution is 7.13. The minimum Gasteiger partial charge on any atom is -0.484 e. The average Bonchev–Trinajstić information content (AvgIpc) is 3.07. The molecule has 1 aromatic heterocycles. The van der Waals surface area contributed by atoms with E-state index >= 15 is 0 Å². The molecule has 0 aliphatic heterocycles. The molecule has 0 aliphatic carbocycles. The van der Waals surface area contributed by atoms with Crippen LogP contribution < -0.4 is 15.8 Å². The maximum absolute atomic E-state index is 12.3. The van der Waals surface area contributed by atoms with E-state index in [1.807, 2.05) is 53.9 Å². The van der Waals surface area contributed by atoms with Crippen molar-refractivity contribution in [1.29, 1.82) is 0 Å². The van der Waals surface area contributed by atoms with Gasteiger partial charge in [-0.25, -0.2) is 4.98 Å². The second-order valence-corrected chi connectivity index (χ2v) is 7.07. The van der Waals surface area contributed by atoms with E-state index in [0.717, 1.165) is 22.5 Å². The maximum Gasteiger partial charge on any atom is 0.262 e. The van der Waals surface area contributed by atoms with Crippen molar-refractivity contribution in [3.05, 3.63) is 59.5 Å². The van der Waals surface area contributed by atoms with E-state index in [-0.39, 0.29) is 12.5 Å². The lowest BCUT2D eigenvalue weighted by Crippen LogP contribution is -2.21. The Balaban J connectivity index is 1.63. The number of carbonyl (C=O) groups excluding carboxylic acids is 1. The minimum absolute atomic E-state index is 0.0604. The molecule has 0 atom stereocenters. The second-order valence-electron chi connectivity index (χ2n) is 6.18. The van der Waals surface area contributed by atoms with Crippen LogP contribution in [-0.2, 0) is 4.79 Å². The molecule has 3 rings (SSSR count). The predicted octanol–water partition coefficient (Wildman–Crippen LogP) is 4.53. The third-order valence-corrected chi connectivity index (χ3v) is 4.55. The van der Waals surface area contributed by atoms with Crippen LogP contribution in [0.2, 0.25) is 0 Å². The Hall–Kier alpha value is -2.86. The monoisotopic (exact) mass is 367 g/mol. The van der Waals surface area contributed by atoms with Crippen LogP contribution in [0.1, 0.15) is 25.3 Å². The highest BCUT2D eigenvalue weighted by atomic mass is 32.1. The highest BCUT2D eigenvalue weighted by Crippen LogP contribution is 2.26. The molecule has 0 spiro atoms. The van der Waals surface area contributed by atoms with E-state index in [2.05, 4.69) is 24.1 Å². The van der Waals surface area contributed by atoms with Gasteiger partial charge in [-0.05, 0) is 29.7 Å². The van der Waals surface area contributed by atoms with Gasteiger partial charge in [-0.2, -0.15) is 0 Å². The topological polar surface area (TPSA) is 77.2 Å². The van der Waals surface area contributed by atoms with Gasteiger partial charge in [-0.3, -0.25) is 4.79 Å². The summed E-state index contributed by atoms with van der Waals surface area (Å²) < 4.78 is 5.64. The minimum atomic E-state index is -0.193. The number of para-hydroxylation sites is 1. The number of nitrogens with two attached hydrogens (primary N) is 1. The third kappa shape index (κ3) is 4.40. The number of amides is 1. The first-order valence-corrected chi connectivity index (χ1v) is 9.24. The fourth-order valence-electron chi connectivity index (χ4n) is 2.61. The van der Waals surface area contributed by atoms with Gasteiger partial charge >= 0.3 is 0 Å². The van der Waals surface area contributed by atoms with Crippen LogP contribution in [0.3, 0.4) is 0 Å². The number of nitrogens with zero attached hydrogens (tertiary/aromatic N) is 1. The number of nitrogen functional groups attached to an aromatic ring is 1. The van der Waals surface area contributed by atoms with Crippen molar-refractivity contribution in [2.75, 3.05) is 17.7 Å². The van der Waals surface area contributed by atoms with Gasteiger partial charge in [0.25, 0.3) is 5.91 Å². The zero-order chi connectivity index (χ0) is 18.5. The normalized spacial score (nSPS) is 10.7. The van der Waals surface area contributed by atoms with Gasteiger partial charge in [-0.15, -0.1) is 11.3 Å². The van der Waals surface area contributed by atoms with Crippen molar-refractivity contribution in [1.82, 2.24) is 4.98 Å². The van der Waals surface area contributed by atoms with Gasteiger partial charge in [0.1, 0.15) is 5.75 Å². The summed E-state index contributed by atoms with van der Waals surface area (Å²) in [6, 6.07) is 15.3. The molecule has 6 heteroatoms. The molecule has 0 bridgehead atoms. The van der Waals surface area contributed by atoms with Gasteiger partial charge in [0.2, 0.25) is 0 Å². The Kier molecular flexibility index (Phi) is 5.53. The molecule has 0 radical (unpaired) electrons. The third-order valence-electron chi connectivity index (χ3n) is 3.88. The Morgan fingerprint density at radius 3 is 2.77 bits per heavy atom. The summed E-state index contributed by atoms with van der Waals surface area (Å²) in [6.07, 6.45) is 0. The quantitative estimate of drug-likeness (QED) is 0.671. The highest BCUT2D eigenvalue weighted by Gasteiger charge is 2.10. The SMILES string of the molecule is CC(C)c1ccccc1NC(=O)COc1cccc(-c2csc(N)n2)c1. The Morgan fingerprint density at radius 2 is 2.04 bits per heavy atom. The molecule has 2 aromatic carbocycles. The number of anilines is 2. The molecule has 0 saturated heterocycles. The Labute approximate surface area is 156 Å². The summed E-state index contributed by atoms with van der Waals surface area (Å²) in [6.45, 7) is 4.13. The number of thiazole rings is 1. The summed E-state index contributed by atoms with van der Waals surface area (Å²) in [4.78, 5) is 16.5. The van der Waals surface area contributed by atoms with Crippen molar-refractivity contribution in [3.63, 3.8) is 0 Å². The Morgan fingerprint density at radius 1 is 1.23 bits per heavy atom. The molecule has 1 heterocycles. The average molecular weight is 367 g/mol. The number of carbonyl (C=O) groups is 1. The molecule has 0 saturated carbocycles. The maximum atomic E-state index is 12.3. The number of ether oxygens (including phenoxy) is 1. The van der Waals surface area contributed by atoms with Gasteiger partial charge < -0.3 is 15.8 Å². The zero-order valence-corrected chi connectivity index (χ0v) is 15.5. The number of aromatic nitrogens is 1. The van der Waals surface area contributed by atoms with Crippen LogP contribution in [-0.4, -0.2) is 17.5 Å². The van der Waals surface area contributed by atoms with Crippen LogP contribution in [0.15, 0.2) is 53.9 Å². The molecule has 0 unspecified atom stereocenters. The van der Waals surface area contributed by atoms with Crippen molar-refractivity contribution in [2.45, 2.75) is 19.8 Å². The van der Waals surface area contributed by atoms with E-state index in [9.17, 15) is 4.79 Å². The van der Waals surface area contributed by atoms with Gasteiger partial charge in [0, 0.05) is 16.6 Å². The lowest BCUT2D eigenvalue weighted by Gasteiger charge is -2.14. The van der Waals surface area contributed by atoms with Crippen molar-refractivity contribution in [3.8, 4) is 17.0 Å². The van der Waals surface area contributed by atoms with Gasteiger partial charge in [0.15, 0.2) is 11.7 Å². The fourth-order valence-corrected chi connectivity index (χ4v) is 3.19. The van der Waals surface area contributed by atoms with Gasteiger partial charge in [0.05, 0.1) is 5.69 Å². The lowest BCUT2D eigenvalue weighted by molar-refractivity contribution is -0.118. The van der Waals surface area contributed by atoms with E-state index in [4.69, 9.17) is 10.5 Å². The van der Waals surface area contributed by atoms with Crippen molar-refractivity contribution >= 4 is 28.1 Å². The van der Waals surface area contributed by atoms with Crippen LogP contribution in [0.5, 0.6) is 5.75 Å². The predicted molar refractivity (Wildman–Crippen MR) is 107 cm³/mol. The molecule has 0 aliphatic rings. The van der Waals surface area contributed by atoms with E-state index in [1.165, 1.54) is 11.3 Å². The number of hydrogen-bond acceptors (Lipinski definition) is 5. The largest absolute Gasteiger partial charge is 0.484 e. The first-order chi connectivity index (χ1) is 12.5. The molecule has 1 amide bonds. The zero-order valence-electron chi connectivity index (χ0n) is 14.7. The van der Waals surface area contributed by atoms with E-state index in [0.29, 0.717) is 16.8 Å². The van der Waals surface area contributed by atoms with Crippen LogP contribution in [0.4, 0.5) is 10.8 Å². The number of benzene rings is 2. The molecule has 3 aromatic rings. The van der Waals surface area contributed by atoms with Gasteiger partial charge in [-0.1, -0.05) is 44.2 Å². The number of rotatable bonds is 6. The van der Waals surface area contributed by atoms with Crippen LogP contribution >= 0.6 is 11.3 Å². The van der Waals surface area contributed by atoms with Crippen LogP contribution in [0, 0.1) is 0 Å².